The molecule has 0 bridgehead atoms. The first-order valence-corrected chi connectivity index (χ1v) is 7.93. The summed E-state index contributed by atoms with van der Waals surface area (Å²) in [5.41, 5.74) is 8.39. The standard InChI is InChI=1S/C13H16N2O2S2/c1-6(2)8-9(10-7(3)5-15-17-10)13(18-4)19-11(8)12(14)16/h5-6H,1-4H3,(H2,14,16). The molecule has 0 aliphatic heterocycles. The van der Waals surface area contributed by atoms with Gasteiger partial charge >= 0.3 is 0 Å². The number of nitrogens with zero attached hydrogens (tertiary/aromatic N) is 1. The van der Waals surface area contributed by atoms with Gasteiger partial charge in [0.25, 0.3) is 5.91 Å². The first kappa shape index (κ1) is 14.1. The van der Waals surface area contributed by atoms with Gasteiger partial charge in [-0.15, -0.1) is 23.1 Å². The molecule has 0 saturated carbocycles. The monoisotopic (exact) mass is 296 g/mol. The van der Waals surface area contributed by atoms with Crippen molar-refractivity contribution in [2.45, 2.75) is 30.9 Å². The zero-order chi connectivity index (χ0) is 14.2. The van der Waals surface area contributed by atoms with E-state index in [-0.39, 0.29) is 11.8 Å². The van der Waals surface area contributed by atoms with Crippen LogP contribution in [0.2, 0.25) is 0 Å². The Labute approximate surface area is 120 Å². The molecular formula is C13H16N2O2S2. The van der Waals surface area contributed by atoms with Gasteiger partial charge in [-0.05, 0) is 24.7 Å². The molecule has 0 saturated heterocycles. The Kier molecular flexibility index (Phi) is 4.01. The minimum Gasteiger partial charge on any atom is -0.365 e. The third-order valence-electron chi connectivity index (χ3n) is 2.87. The number of primary amides is 1. The number of carbonyl (C=O) groups is 1. The molecule has 2 heterocycles. The second kappa shape index (κ2) is 5.38. The van der Waals surface area contributed by atoms with Crippen molar-refractivity contribution in [1.82, 2.24) is 5.16 Å². The minimum absolute atomic E-state index is 0.194. The van der Waals surface area contributed by atoms with Crippen molar-refractivity contribution in [1.29, 1.82) is 0 Å². The van der Waals surface area contributed by atoms with E-state index in [0.29, 0.717) is 4.88 Å². The van der Waals surface area contributed by atoms with Crippen molar-refractivity contribution in [3.8, 4) is 11.3 Å². The number of carbonyl (C=O) groups excluding carboxylic acids is 1. The summed E-state index contributed by atoms with van der Waals surface area (Å²) in [5, 5.41) is 3.83. The molecule has 0 unspecified atom stereocenters. The van der Waals surface area contributed by atoms with E-state index in [9.17, 15) is 4.79 Å². The molecule has 0 aliphatic rings. The summed E-state index contributed by atoms with van der Waals surface area (Å²) in [7, 11) is 0. The Balaban J connectivity index is 2.77. The van der Waals surface area contributed by atoms with Crippen LogP contribution >= 0.6 is 23.1 Å². The lowest BCUT2D eigenvalue weighted by molar-refractivity contribution is 0.100. The quantitative estimate of drug-likeness (QED) is 0.874. The summed E-state index contributed by atoms with van der Waals surface area (Å²) >= 11 is 3.03. The molecule has 0 aliphatic carbocycles. The number of rotatable bonds is 4. The number of thioether (sulfide) groups is 1. The van der Waals surface area contributed by atoms with Crippen molar-refractivity contribution >= 4 is 29.0 Å². The van der Waals surface area contributed by atoms with Gasteiger partial charge in [-0.1, -0.05) is 19.0 Å². The normalized spacial score (nSPS) is 11.2. The smallest absolute Gasteiger partial charge is 0.259 e. The van der Waals surface area contributed by atoms with Gasteiger partial charge in [-0.3, -0.25) is 4.79 Å². The van der Waals surface area contributed by atoms with E-state index < -0.39 is 0 Å². The van der Waals surface area contributed by atoms with E-state index in [2.05, 4.69) is 5.16 Å². The van der Waals surface area contributed by atoms with Crippen molar-refractivity contribution in [3.63, 3.8) is 0 Å². The van der Waals surface area contributed by atoms with Gasteiger partial charge in [0, 0.05) is 11.1 Å². The Morgan fingerprint density at radius 3 is 2.63 bits per heavy atom. The molecule has 1 amide bonds. The summed E-state index contributed by atoms with van der Waals surface area (Å²) in [6.07, 6.45) is 3.67. The molecule has 4 nitrogen and oxygen atoms in total. The van der Waals surface area contributed by atoms with Crippen LogP contribution in [0.25, 0.3) is 11.3 Å². The summed E-state index contributed by atoms with van der Waals surface area (Å²) in [5.74, 6) is 0.545. The van der Waals surface area contributed by atoms with Crippen LogP contribution in [0.15, 0.2) is 14.9 Å². The van der Waals surface area contributed by atoms with Crippen molar-refractivity contribution in [2.75, 3.05) is 6.26 Å². The van der Waals surface area contributed by atoms with E-state index in [1.165, 1.54) is 11.3 Å². The van der Waals surface area contributed by atoms with Gasteiger partial charge in [0.05, 0.1) is 15.3 Å². The largest absolute Gasteiger partial charge is 0.365 e. The van der Waals surface area contributed by atoms with Crippen LogP contribution in [0, 0.1) is 6.92 Å². The zero-order valence-corrected chi connectivity index (χ0v) is 12.9. The van der Waals surface area contributed by atoms with Crippen LogP contribution in [-0.2, 0) is 0 Å². The fraction of sp³-hybridized carbons (Fsp3) is 0.385. The molecule has 2 N–H and O–H groups in total. The van der Waals surface area contributed by atoms with Crippen molar-refractivity contribution in [3.05, 3.63) is 22.2 Å². The highest BCUT2D eigenvalue weighted by Crippen LogP contribution is 2.45. The third-order valence-corrected chi connectivity index (χ3v) is 5.21. The van der Waals surface area contributed by atoms with Gasteiger partial charge in [0.1, 0.15) is 0 Å². The second-order valence-corrected chi connectivity index (χ2v) is 6.66. The number of aryl methyl sites for hydroxylation is 1. The lowest BCUT2D eigenvalue weighted by Crippen LogP contribution is -2.12. The highest BCUT2D eigenvalue weighted by atomic mass is 32.2. The molecule has 0 atom stereocenters. The molecule has 0 spiro atoms. The Morgan fingerprint density at radius 2 is 2.21 bits per heavy atom. The summed E-state index contributed by atoms with van der Waals surface area (Å²) < 4.78 is 6.41. The van der Waals surface area contributed by atoms with E-state index in [1.54, 1.807) is 18.0 Å². The SMILES string of the molecule is CSc1sc(C(N)=O)c(C(C)C)c1-c1oncc1C. The summed E-state index contributed by atoms with van der Waals surface area (Å²) in [6, 6.07) is 0. The van der Waals surface area contributed by atoms with Crippen molar-refractivity contribution in [2.24, 2.45) is 5.73 Å². The summed E-state index contributed by atoms with van der Waals surface area (Å²) in [4.78, 5) is 12.3. The van der Waals surface area contributed by atoms with E-state index in [1.807, 2.05) is 27.0 Å². The van der Waals surface area contributed by atoms with Gasteiger partial charge in [0.15, 0.2) is 5.76 Å². The molecule has 0 radical (unpaired) electrons. The van der Waals surface area contributed by atoms with Crippen LogP contribution in [0.3, 0.4) is 0 Å². The Hall–Kier alpha value is -1.27. The predicted octanol–water partition coefficient (Wildman–Crippen LogP) is 3.66. The number of amides is 1. The van der Waals surface area contributed by atoms with Gasteiger partial charge in [-0.25, -0.2) is 0 Å². The second-order valence-electron chi connectivity index (χ2n) is 4.57. The molecule has 0 fully saturated rings. The molecular weight excluding hydrogens is 280 g/mol. The van der Waals surface area contributed by atoms with Crippen molar-refractivity contribution < 1.29 is 9.32 Å². The first-order chi connectivity index (χ1) is 8.97. The van der Waals surface area contributed by atoms with E-state index >= 15 is 0 Å². The van der Waals surface area contributed by atoms with Crippen LogP contribution < -0.4 is 5.73 Å². The maximum Gasteiger partial charge on any atom is 0.259 e. The Morgan fingerprint density at radius 1 is 1.53 bits per heavy atom. The average Bonchev–Trinajstić information content (AvgIpc) is 2.91. The molecule has 102 valence electrons. The highest BCUT2D eigenvalue weighted by Gasteiger charge is 2.27. The first-order valence-electron chi connectivity index (χ1n) is 5.89. The molecule has 19 heavy (non-hydrogen) atoms. The number of thiophene rings is 1. The molecule has 0 aromatic carbocycles. The number of hydrogen-bond acceptors (Lipinski definition) is 5. The maximum atomic E-state index is 11.6. The minimum atomic E-state index is -0.382. The highest BCUT2D eigenvalue weighted by molar-refractivity contribution is 8.00. The molecule has 2 rings (SSSR count). The maximum absolute atomic E-state index is 11.6. The van der Waals surface area contributed by atoms with Gasteiger partial charge < -0.3 is 10.3 Å². The van der Waals surface area contributed by atoms with E-state index in [4.69, 9.17) is 10.3 Å². The number of hydrogen-bond donors (Lipinski definition) is 1. The lowest BCUT2D eigenvalue weighted by Gasteiger charge is -2.09. The van der Waals surface area contributed by atoms with Gasteiger partial charge in [0.2, 0.25) is 0 Å². The number of nitrogens with two attached hydrogens (primary N) is 1. The predicted molar refractivity (Wildman–Crippen MR) is 78.9 cm³/mol. The number of aromatic nitrogens is 1. The van der Waals surface area contributed by atoms with E-state index in [0.717, 1.165) is 26.7 Å². The zero-order valence-electron chi connectivity index (χ0n) is 11.3. The van der Waals surface area contributed by atoms with Crippen LogP contribution in [-0.4, -0.2) is 17.3 Å². The topological polar surface area (TPSA) is 69.1 Å². The molecule has 2 aromatic rings. The average molecular weight is 296 g/mol. The lowest BCUT2D eigenvalue weighted by atomic mass is 9.96. The van der Waals surface area contributed by atoms with Crippen LogP contribution in [0.4, 0.5) is 0 Å². The fourth-order valence-electron chi connectivity index (χ4n) is 2.05. The van der Waals surface area contributed by atoms with Gasteiger partial charge in [-0.2, -0.15) is 0 Å². The third kappa shape index (κ3) is 2.42. The molecule has 2 aromatic heterocycles. The Bertz CT molecular complexity index is 614. The fourth-order valence-corrected chi connectivity index (χ4v) is 4.07. The van der Waals surface area contributed by atoms with Crippen LogP contribution in [0.5, 0.6) is 0 Å². The summed E-state index contributed by atoms with van der Waals surface area (Å²) in [6.45, 7) is 6.04. The molecule has 6 heteroatoms. The van der Waals surface area contributed by atoms with Crippen LogP contribution in [0.1, 0.15) is 40.6 Å².